The Kier molecular flexibility index (Phi) is 2.66. The number of nitrogens with one attached hydrogen (secondary N) is 1. The number of aromatic nitrogens is 2. The summed E-state index contributed by atoms with van der Waals surface area (Å²) in [7, 11) is 0. The van der Waals surface area contributed by atoms with Gasteiger partial charge in [0.1, 0.15) is 0 Å². The second-order valence-corrected chi connectivity index (χ2v) is 3.81. The third kappa shape index (κ3) is 1.67. The van der Waals surface area contributed by atoms with Crippen molar-refractivity contribution in [1.29, 1.82) is 0 Å². The standard InChI is InChI=1S/C12H14N2O2/c1-8-7-13-12(16)14(8)11-6-4-3-5-10(11)9(2)15/h3-7,9,15H,1-2H3,(H,13,16). The van der Waals surface area contributed by atoms with E-state index in [1.54, 1.807) is 17.7 Å². The van der Waals surface area contributed by atoms with Crippen LogP contribution in [-0.4, -0.2) is 14.7 Å². The number of aliphatic hydroxyl groups is 1. The molecule has 2 N–H and O–H groups in total. The number of H-pyrrole nitrogens is 1. The molecule has 0 aliphatic carbocycles. The van der Waals surface area contributed by atoms with Crippen LogP contribution < -0.4 is 5.69 Å². The van der Waals surface area contributed by atoms with Gasteiger partial charge in [-0.15, -0.1) is 0 Å². The predicted molar refractivity (Wildman–Crippen MR) is 61.8 cm³/mol. The van der Waals surface area contributed by atoms with E-state index in [9.17, 15) is 9.90 Å². The Bertz CT molecular complexity index is 552. The molecule has 1 unspecified atom stereocenters. The highest BCUT2D eigenvalue weighted by atomic mass is 16.3. The van der Waals surface area contributed by atoms with Gasteiger partial charge < -0.3 is 10.1 Å². The number of aromatic amines is 1. The fraction of sp³-hybridized carbons (Fsp3) is 0.250. The summed E-state index contributed by atoms with van der Waals surface area (Å²) in [4.78, 5) is 14.3. The normalized spacial score (nSPS) is 12.7. The van der Waals surface area contributed by atoms with Crippen molar-refractivity contribution in [2.75, 3.05) is 0 Å². The van der Waals surface area contributed by atoms with Crippen LogP contribution >= 0.6 is 0 Å². The van der Waals surface area contributed by atoms with E-state index in [0.29, 0.717) is 0 Å². The second-order valence-electron chi connectivity index (χ2n) is 3.81. The van der Waals surface area contributed by atoms with E-state index < -0.39 is 6.10 Å². The summed E-state index contributed by atoms with van der Waals surface area (Å²) in [5.74, 6) is 0. The number of nitrogens with zero attached hydrogens (tertiary/aromatic N) is 1. The molecule has 0 saturated carbocycles. The zero-order valence-electron chi connectivity index (χ0n) is 9.27. The van der Waals surface area contributed by atoms with Crippen LogP contribution in [0.2, 0.25) is 0 Å². The molecule has 2 aromatic rings. The van der Waals surface area contributed by atoms with Crippen LogP contribution in [0.5, 0.6) is 0 Å². The Hall–Kier alpha value is -1.81. The SMILES string of the molecule is Cc1c[nH]c(=O)n1-c1ccccc1C(C)O. The summed E-state index contributed by atoms with van der Waals surface area (Å²) in [5, 5.41) is 9.66. The molecule has 4 nitrogen and oxygen atoms in total. The van der Waals surface area contributed by atoms with E-state index >= 15 is 0 Å². The molecule has 0 aliphatic heterocycles. The zero-order valence-corrected chi connectivity index (χ0v) is 9.27. The Morgan fingerprint density at radius 2 is 2.06 bits per heavy atom. The van der Waals surface area contributed by atoms with Gasteiger partial charge in [-0.25, -0.2) is 4.79 Å². The zero-order chi connectivity index (χ0) is 11.7. The maximum atomic E-state index is 11.6. The van der Waals surface area contributed by atoms with E-state index in [4.69, 9.17) is 0 Å². The molecular weight excluding hydrogens is 204 g/mol. The number of hydrogen-bond donors (Lipinski definition) is 2. The van der Waals surface area contributed by atoms with Crippen LogP contribution in [0.15, 0.2) is 35.3 Å². The summed E-state index contributed by atoms with van der Waals surface area (Å²) >= 11 is 0. The highest BCUT2D eigenvalue weighted by molar-refractivity contribution is 5.43. The molecule has 2 rings (SSSR count). The van der Waals surface area contributed by atoms with Crippen molar-refractivity contribution in [3.8, 4) is 5.69 Å². The minimum absolute atomic E-state index is 0.189. The number of aliphatic hydroxyl groups excluding tert-OH is 1. The molecule has 0 saturated heterocycles. The fourth-order valence-corrected chi connectivity index (χ4v) is 1.80. The molecular formula is C12H14N2O2. The predicted octanol–water partition coefficient (Wildman–Crippen LogP) is 1.53. The quantitative estimate of drug-likeness (QED) is 0.803. The monoisotopic (exact) mass is 218 g/mol. The first-order valence-corrected chi connectivity index (χ1v) is 5.15. The molecule has 0 fully saturated rings. The second kappa shape index (κ2) is 3.98. The van der Waals surface area contributed by atoms with E-state index in [2.05, 4.69) is 4.98 Å². The maximum absolute atomic E-state index is 11.6. The molecule has 0 radical (unpaired) electrons. The topological polar surface area (TPSA) is 58.0 Å². The summed E-state index contributed by atoms with van der Waals surface area (Å²) < 4.78 is 1.56. The Morgan fingerprint density at radius 1 is 1.38 bits per heavy atom. The first-order chi connectivity index (χ1) is 7.61. The summed E-state index contributed by atoms with van der Waals surface area (Å²) in [6.45, 7) is 3.53. The molecule has 0 bridgehead atoms. The van der Waals surface area contributed by atoms with E-state index in [-0.39, 0.29) is 5.69 Å². The molecule has 4 heteroatoms. The average Bonchev–Trinajstić information content (AvgIpc) is 2.58. The van der Waals surface area contributed by atoms with Crippen LogP contribution in [0.3, 0.4) is 0 Å². The number of imidazole rings is 1. The number of benzene rings is 1. The number of para-hydroxylation sites is 1. The van der Waals surface area contributed by atoms with Gasteiger partial charge in [0.15, 0.2) is 0 Å². The van der Waals surface area contributed by atoms with Crippen LogP contribution in [0.1, 0.15) is 24.3 Å². The summed E-state index contributed by atoms with van der Waals surface area (Å²) in [6.07, 6.45) is 1.05. The summed E-state index contributed by atoms with van der Waals surface area (Å²) in [6, 6.07) is 7.34. The number of rotatable bonds is 2. The highest BCUT2D eigenvalue weighted by Crippen LogP contribution is 2.20. The van der Waals surface area contributed by atoms with Crippen molar-refractivity contribution in [3.05, 3.63) is 52.2 Å². The van der Waals surface area contributed by atoms with Crippen LogP contribution in [0.25, 0.3) is 5.69 Å². The van der Waals surface area contributed by atoms with Gasteiger partial charge in [0.25, 0.3) is 0 Å². The van der Waals surface area contributed by atoms with E-state index in [0.717, 1.165) is 16.9 Å². The largest absolute Gasteiger partial charge is 0.389 e. The van der Waals surface area contributed by atoms with Gasteiger partial charge in [-0.1, -0.05) is 18.2 Å². The number of aryl methyl sites for hydroxylation is 1. The lowest BCUT2D eigenvalue weighted by Crippen LogP contribution is -2.17. The molecule has 0 amide bonds. The molecule has 1 aromatic heterocycles. The van der Waals surface area contributed by atoms with Crippen LogP contribution in [0.4, 0.5) is 0 Å². The van der Waals surface area contributed by atoms with Gasteiger partial charge in [-0.2, -0.15) is 0 Å². The van der Waals surface area contributed by atoms with Gasteiger partial charge in [-0.05, 0) is 19.9 Å². The molecule has 0 aliphatic rings. The van der Waals surface area contributed by atoms with Crippen molar-refractivity contribution in [2.45, 2.75) is 20.0 Å². The van der Waals surface area contributed by atoms with Gasteiger partial charge in [-0.3, -0.25) is 4.57 Å². The first-order valence-electron chi connectivity index (χ1n) is 5.15. The average molecular weight is 218 g/mol. The Labute approximate surface area is 93.2 Å². The molecule has 0 spiro atoms. The van der Waals surface area contributed by atoms with Gasteiger partial charge >= 0.3 is 5.69 Å². The third-order valence-corrected chi connectivity index (χ3v) is 2.59. The van der Waals surface area contributed by atoms with Gasteiger partial charge in [0.2, 0.25) is 0 Å². The molecule has 1 heterocycles. The minimum Gasteiger partial charge on any atom is -0.389 e. The number of hydrogen-bond acceptors (Lipinski definition) is 2. The lowest BCUT2D eigenvalue weighted by Gasteiger charge is -2.12. The fourth-order valence-electron chi connectivity index (χ4n) is 1.80. The highest BCUT2D eigenvalue weighted by Gasteiger charge is 2.12. The Morgan fingerprint density at radius 3 is 2.62 bits per heavy atom. The van der Waals surface area contributed by atoms with Crippen molar-refractivity contribution < 1.29 is 5.11 Å². The lowest BCUT2D eigenvalue weighted by atomic mass is 10.1. The first kappa shape index (κ1) is 10.7. The van der Waals surface area contributed by atoms with Gasteiger partial charge in [0, 0.05) is 17.5 Å². The Balaban J connectivity index is 2.69. The van der Waals surface area contributed by atoms with E-state index in [1.807, 2.05) is 31.2 Å². The van der Waals surface area contributed by atoms with Crippen LogP contribution in [0, 0.1) is 6.92 Å². The van der Waals surface area contributed by atoms with E-state index in [1.165, 1.54) is 0 Å². The third-order valence-electron chi connectivity index (χ3n) is 2.59. The maximum Gasteiger partial charge on any atom is 0.330 e. The summed E-state index contributed by atoms with van der Waals surface area (Å²) in [5.41, 5.74) is 2.09. The van der Waals surface area contributed by atoms with Gasteiger partial charge in [0.05, 0.1) is 11.8 Å². The van der Waals surface area contributed by atoms with Crippen molar-refractivity contribution >= 4 is 0 Å². The molecule has 1 atom stereocenters. The van der Waals surface area contributed by atoms with Crippen LogP contribution in [-0.2, 0) is 0 Å². The lowest BCUT2D eigenvalue weighted by molar-refractivity contribution is 0.199. The van der Waals surface area contributed by atoms with Crippen molar-refractivity contribution in [3.63, 3.8) is 0 Å². The molecule has 1 aromatic carbocycles. The van der Waals surface area contributed by atoms with Crippen molar-refractivity contribution in [1.82, 2.24) is 9.55 Å². The smallest absolute Gasteiger partial charge is 0.330 e. The molecule has 16 heavy (non-hydrogen) atoms. The minimum atomic E-state index is -0.600. The molecule has 84 valence electrons. The van der Waals surface area contributed by atoms with Crippen molar-refractivity contribution in [2.24, 2.45) is 0 Å².